The van der Waals surface area contributed by atoms with E-state index in [4.69, 9.17) is 15.5 Å². The first-order valence-electron chi connectivity index (χ1n) is 5.52. The number of hydrogen-bond acceptors (Lipinski definition) is 5. The van der Waals surface area contributed by atoms with Crippen LogP contribution in [0.15, 0.2) is 33.6 Å². The molecule has 0 radical (unpaired) electrons. The number of nitriles is 1. The van der Waals surface area contributed by atoms with Gasteiger partial charge in [0.2, 0.25) is 0 Å². The molecule has 1 amide bonds. The Morgan fingerprint density at radius 1 is 1.45 bits per heavy atom. The molecule has 0 spiro atoms. The van der Waals surface area contributed by atoms with Crippen molar-refractivity contribution in [2.75, 3.05) is 5.75 Å². The van der Waals surface area contributed by atoms with Crippen LogP contribution in [-0.2, 0) is 14.9 Å². The van der Waals surface area contributed by atoms with Crippen LogP contribution in [0.4, 0.5) is 0 Å². The van der Waals surface area contributed by atoms with Gasteiger partial charge in [-0.1, -0.05) is 0 Å². The number of carbonyl (C=O) groups excluding carboxylic acids is 1. The second kappa shape index (κ2) is 5.28. The lowest BCUT2D eigenvalue weighted by Gasteiger charge is -2.19. The number of nitrogens with zero attached hydrogens (tertiary/aromatic N) is 1. The number of nitrogens with two attached hydrogens (primary N) is 1. The Morgan fingerprint density at radius 2 is 2.15 bits per heavy atom. The van der Waals surface area contributed by atoms with Crippen molar-refractivity contribution in [3.63, 3.8) is 0 Å². The quantitative estimate of drug-likeness (QED) is 0.481. The zero-order valence-corrected chi connectivity index (χ0v) is 11.8. The Labute approximate surface area is 120 Å². The summed E-state index contributed by atoms with van der Waals surface area (Å²) in [4.78, 5) is 11.8. The van der Waals surface area contributed by atoms with Crippen LogP contribution >= 0.6 is 11.8 Å². The van der Waals surface area contributed by atoms with Crippen LogP contribution < -0.4 is 5.73 Å². The molecule has 8 heteroatoms. The number of benzene rings is 1. The van der Waals surface area contributed by atoms with Gasteiger partial charge in [0.15, 0.2) is 0 Å². The third-order valence-electron chi connectivity index (χ3n) is 2.84. The third kappa shape index (κ3) is 2.70. The van der Waals surface area contributed by atoms with Gasteiger partial charge in [-0.05, 0) is 35.8 Å². The predicted octanol–water partition coefficient (Wildman–Crippen LogP) is 1.19. The number of hydrogen-bond donors (Lipinski definition) is 2. The molecule has 0 saturated carbocycles. The molecule has 0 unspecified atom stereocenters. The van der Waals surface area contributed by atoms with E-state index in [1.165, 1.54) is 30.0 Å². The van der Waals surface area contributed by atoms with Crippen LogP contribution in [-0.4, -0.2) is 24.6 Å². The Hall–Kier alpha value is -1.82. The lowest BCUT2D eigenvalue weighted by atomic mass is 9.97. The van der Waals surface area contributed by atoms with Crippen molar-refractivity contribution in [3.05, 3.63) is 29.3 Å². The summed E-state index contributed by atoms with van der Waals surface area (Å²) in [7, 11) is -4.34. The summed E-state index contributed by atoms with van der Waals surface area (Å²) in [5.74, 6) is -0.191. The molecule has 0 saturated heterocycles. The summed E-state index contributed by atoms with van der Waals surface area (Å²) in [6.07, 6.45) is 0.429. The van der Waals surface area contributed by atoms with Gasteiger partial charge in [-0.15, -0.1) is 11.8 Å². The van der Waals surface area contributed by atoms with Gasteiger partial charge < -0.3 is 5.73 Å². The summed E-state index contributed by atoms with van der Waals surface area (Å²) < 4.78 is 31.4. The normalized spacial score (nSPS) is 17.0. The summed E-state index contributed by atoms with van der Waals surface area (Å²) in [6, 6.07) is 5.83. The van der Waals surface area contributed by atoms with Crippen LogP contribution in [0.2, 0.25) is 0 Å². The number of thioether (sulfide) groups is 1. The number of primary amides is 1. The number of rotatable bonds is 2. The molecule has 1 heterocycles. The van der Waals surface area contributed by atoms with Crippen LogP contribution in [0.25, 0.3) is 5.57 Å². The molecule has 20 heavy (non-hydrogen) atoms. The number of fused-ring (bicyclic) bond motifs is 1. The van der Waals surface area contributed by atoms with E-state index in [0.29, 0.717) is 23.3 Å². The van der Waals surface area contributed by atoms with Gasteiger partial charge in [0, 0.05) is 10.6 Å². The minimum absolute atomic E-state index is 0.181. The minimum atomic E-state index is -4.34. The van der Waals surface area contributed by atoms with Crippen molar-refractivity contribution in [3.8, 4) is 6.07 Å². The smallest absolute Gasteiger partial charge is 0.294 e. The Morgan fingerprint density at radius 3 is 2.70 bits per heavy atom. The molecule has 1 aliphatic rings. The van der Waals surface area contributed by atoms with E-state index in [1.54, 1.807) is 6.07 Å². The van der Waals surface area contributed by atoms with E-state index < -0.39 is 16.0 Å². The Kier molecular flexibility index (Phi) is 3.85. The van der Waals surface area contributed by atoms with E-state index in [1.807, 2.05) is 0 Å². The van der Waals surface area contributed by atoms with Crippen LogP contribution in [0.3, 0.4) is 0 Å². The molecule has 2 rings (SSSR count). The zero-order chi connectivity index (χ0) is 14.9. The summed E-state index contributed by atoms with van der Waals surface area (Å²) in [6.45, 7) is 0. The van der Waals surface area contributed by atoms with Crippen molar-refractivity contribution in [1.82, 2.24) is 0 Å². The monoisotopic (exact) mass is 310 g/mol. The van der Waals surface area contributed by atoms with Gasteiger partial charge in [0.1, 0.15) is 11.6 Å². The summed E-state index contributed by atoms with van der Waals surface area (Å²) in [5.41, 5.74) is 5.85. The van der Waals surface area contributed by atoms with Gasteiger partial charge in [-0.25, -0.2) is 0 Å². The van der Waals surface area contributed by atoms with Crippen molar-refractivity contribution in [2.45, 2.75) is 16.2 Å². The third-order valence-corrected chi connectivity index (χ3v) is 4.77. The molecule has 0 bridgehead atoms. The fourth-order valence-corrected chi connectivity index (χ4v) is 3.49. The molecule has 1 aromatic carbocycles. The molecule has 104 valence electrons. The van der Waals surface area contributed by atoms with Crippen LogP contribution in [0.5, 0.6) is 0 Å². The molecule has 0 aliphatic carbocycles. The van der Waals surface area contributed by atoms with E-state index in [-0.39, 0.29) is 10.5 Å². The van der Waals surface area contributed by atoms with E-state index in [9.17, 15) is 13.2 Å². The molecule has 0 atom stereocenters. The van der Waals surface area contributed by atoms with Crippen molar-refractivity contribution in [1.29, 1.82) is 5.26 Å². The largest absolute Gasteiger partial charge is 0.365 e. The number of amides is 1. The molecule has 0 aromatic heterocycles. The van der Waals surface area contributed by atoms with E-state index in [0.717, 1.165) is 4.90 Å². The fraction of sp³-hybridized carbons (Fsp3) is 0.167. The Balaban J connectivity index is 2.73. The molecular formula is C12H10N2O4S2. The molecule has 0 fully saturated rings. The SMILES string of the molecule is N#CC(C(N)=O)=C1CCSc2ccc(S(=O)(=O)O)cc21. The highest BCUT2D eigenvalue weighted by atomic mass is 32.2. The lowest BCUT2D eigenvalue weighted by Crippen LogP contribution is -2.16. The topological polar surface area (TPSA) is 121 Å². The van der Waals surface area contributed by atoms with Crippen molar-refractivity contribution in [2.24, 2.45) is 5.73 Å². The van der Waals surface area contributed by atoms with Crippen molar-refractivity contribution >= 4 is 33.4 Å². The zero-order valence-electron chi connectivity index (χ0n) is 10.2. The van der Waals surface area contributed by atoms with Gasteiger partial charge in [-0.2, -0.15) is 13.7 Å². The van der Waals surface area contributed by atoms with Gasteiger partial charge in [0.25, 0.3) is 16.0 Å². The highest BCUT2D eigenvalue weighted by molar-refractivity contribution is 7.99. The van der Waals surface area contributed by atoms with Gasteiger partial charge in [-0.3, -0.25) is 9.35 Å². The van der Waals surface area contributed by atoms with Crippen LogP contribution in [0.1, 0.15) is 12.0 Å². The Bertz CT molecular complexity index is 760. The van der Waals surface area contributed by atoms with Gasteiger partial charge in [0.05, 0.1) is 4.90 Å². The minimum Gasteiger partial charge on any atom is -0.365 e. The maximum atomic E-state index is 11.3. The molecule has 3 N–H and O–H groups in total. The standard InChI is InChI=1S/C12H10N2O4S2/c13-6-10(12(14)15)8-3-4-19-11-2-1-7(5-9(8)11)20(16,17)18/h1-2,5H,3-4H2,(H2,14,15)(H,16,17,18). The molecule has 1 aliphatic heterocycles. The lowest BCUT2D eigenvalue weighted by molar-refractivity contribution is -0.114. The van der Waals surface area contributed by atoms with Crippen LogP contribution in [0, 0.1) is 11.3 Å². The van der Waals surface area contributed by atoms with E-state index >= 15 is 0 Å². The second-order valence-corrected chi connectivity index (χ2v) is 6.62. The molecule has 6 nitrogen and oxygen atoms in total. The van der Waals surface area contributed by atoms with E-state index in [2.05, 4.69) is 0 Å². The first kappa shape index (κ1) is 14.6. The predicted molar refractivity (Wildman–Crippen MR) is 73.3 cm³/mol. The van der Waals surface area contributed by atoms with Crippen molar-refractivity contribution < 1.29 is 17.8 Å². The number of carbonyl (C=O) groups is 1. The highest BCUT2D eigenvalue weighted by Gasteiger charge is 2.23. The summed E-state index contributed by atoms with van der Waals surface area (Å²) in [5, 5.41) is 9.02. The molecule has 1 aromatic rings. The molecular weight excluding hydrogens is 300 g/mol. The number of allylic oxidation sites excluding steroid dienone is 1. The van der Waals surface area contributed by atoms with Gasteiger partial charge >= 0.3 is 0 Å². The fourth-order valence-electron chi connectivity index (χ4n) is 1.96. The maximum Gasteiger partial charge on any atom is 0.294 e. The second-order valence-electron chi connectivity index (χ2n) is 4.06. The first-order valence-corrected chi connectivity index (χ1v) is 7.95. The highest BCUT2D eigenvalue weighted by Crippen LogP contribution is 2.39. The maximum absolute atomic E-state index is 11.3. The first-order chi connectivity index (χ1) is 9.34. The summed E-state index contributed by atoms with van der Waals surface area (Å²) >= 11 is 1.48. The average Bonchev–Trinajstić information content (AvgIpc) is 2.37. The average molecular weight is 310 g/mol.